The van der Waals surface area contributed by atoms with Crippen LogP contribution in [0.2, 0.25) is 0 Å². The number of benzene rings is 1. The van der Waals surface area contributed by atoms with Crippen molar-refractivity contribution in [2.24, 2.45) is 4.99 Å². The Morgan fingerprint density at radius 1 is 1.27 bits per heavy atom. The van der Waals surface area contributed by atoms with Gasteiger partial charge in [0.25, 0.3) is 11.2 Å². The molecular weight excluding hydrogens is 292 g/mol. The number of aromatic nitrogens is 2. The van der Waals surface area contributed by atoms with Gasteiger partial charge in [0.05, 0.1) is 4.92 Å². The number of nitrogens with one attached hydrogen (secondary N) is 2. The number of aryl methyl sites for hydroxylation is 2. The molecule has 0 aliphatic carbocycles. The van der Waals surface area contributed by atoms with E-state index in [-0.39, 0.29) is 16.9 Å². The van der Waals surface area contributed by atoms with E-state index in [2.05, 4.69) is 4.99 Å². The first-order valence-electron chi connectivity index (χ1n) is 6.15. The van der Waals surface area contributed by atoms with E-state index < -0.39 is 22.1 Å². The number of aliphatic imine (C=N–C) groups is 1. The smallest absolute Gasteiger partial charge is 0.328 e. The summed E-state index contributed by atoms with van der Waals surface area (Å²) >= 11 is 0. The van der Waals surface area contributed by atoms with E-state index >= 15 is 0 Å². The molecule has 0 unspecified atom stereocenters. The number of nitrogens with zero attached hydrogens (tertiary/aromatic N) is 2. The van der Waals surface area contributed by atoms with Crippen LogP contribution in [0.1, 0.15) is 16.7 Å². The molecule has 0 fully saturated rings. The molecule has 0 saturated carbocycles. The molecule has 1 heterocycles. The van der Waals surface area contributed by atoms with Gasteiger partial charge in [0.15, 0.2) is 0 Å². The molecule has 2 aromatic rings. The number of H-pyrrole nitrogens is 2. The van der Waals surface area contributed by atoms with Crippen LogP contribution < -0.4 is 11.2 Å². The maximum absolute atomic E-state index is 11.6. The van der Waals surface area contributed by atoms with E-state index in [0.29, 0.717) is 11.1 Å². The molecule has 114 valence electrons. The lowest BCUT2D eigenvalue weighted by atomic mass is 10.1. The van der Waals surface area contributed by atoms with E-state index in [4.69, 9.17) is 0 Å². The van der Waals surface area contributed by atoms with Gasteiger partial charge in [0.2, 0.25) is 5.88 Å². The van der Waals surface area contributed by atoms with E-state index in [1.54, 1.807) is 19.9 Å². The van der Waals surface area contributed by atoms with Crippen molar-refractivity contribution < 1.29 is 10.0 Å². The van der Waals surface area contributed by atoms with Gasteiger partial charge in [-0.2, -0.15) is 0 Å². The number of rotatable bonds is 3. The summed E-state index contributed by atoms with van der Waals surface area (Å²) in [7, 11) is 0. The molecule has 3 N–H and O–H groups in total. The first-order valence-corrected chi connectivity index (χ1v) is 6.15. The second-order valence-electron chi connectivity index (χ2n) is 4.64. The van der Waals surface area contributed by atoms with Crippen LogP contribution in [0.25, 0.3) is 0 Å². The van der Waals surface area contributed by atoms with Crippen molar-refractivity contribution >= 4 is 17.6 Å². The van der Waals surface area contributed by atoms with E-state index in [1.165, 1.54) is 6.07 Å². The molecule has 0 spiro atoms. The summed E-state index contributed by atoms with van der Waals surface area (Å²) in [5, 5.41) is 20.6. The molecule has 2 rings (SSSR count). The molecule has 1 aromatic heterocycles. The third-order valence-electron chi connectivity index (χ3n) is 2.90. The Morgan fingerprint density at radius 2 is 1.95 bits per heavy atom. The second kappa shape index (κ2) is 5.64. The van der Waals surface area contributed by atoms with Crippen molar-refractivity contribution in [1.29, 1.82) is 0 Å². The van der Waals surface area contributed by atoms with Gasteiger partial charge in [-0.25, -0.2) is 9.79 Å². The first-order chi connectivity index (χ1) is 10.3. The van der Waals surface area contributed by atoms with Crippen molar-refractivity contribution in [2.75, 3.05) is 0 Å². The van der Waals surface area contributed by atoms with Crippen LogP contribution >= 0.6 is 0 Å². The van der Waals surface area contributed by atoms with E-state index in [1.807, 2.05) is 9.97 Å². The summed E-state index contributed by atoms with van der Waals surface area (Å²) in [4.78, 5) is 40.9. The largest absolute Gasteiger partial charge is 0.494 e. The fraction of sp³-hybridized carbons (Fsp3) is 0.154. The molecule has 0 atom stereocenters. The predicted molar refractivity (Wildman–Crippen MR) is 79.2 cm³/mol. The highest BCUT2D eigenvalue weighted by Gasteiger charge is 2.16. The Bertz CT molecular complexity index is 894. The standard InChI is InChI=1S/C13H12N4O5/c1-6-3-7(2)10(9(4-6)17(21)22)14-5-8-11(18)15-13(20)16-12(8)19/h3-5H,1-2H3,(H3,15,16,18,19,20). The van der Waals surface area contributed by atoms with Gasteiger partial charge in [-0.3, -0.25) is 24.9 Å². The van der Waals surface area contributed by atoms with Gasteiger partial charge >= 0.3 is 5.69 Å². The quantitative estimate of drug-likeness (QED) is 0.441. The molecule has 0 aliphatic rings. The highest BCUT2D eigenvalue weighted by molar-refractivity contribution is 5.85. The normalized spacial score (nSPS) is 11.0. The van der Waals surface area contributed by atoms with Crippen LogP contribution in [0.5, 0.6) is 5.88 Å². The van der Waals surface area contributed by atoms with Crippen LogP contribution in [0.4, 0.5) is 11.4 Å². The van der Waals surface area contributed by atoms with Crippen LogP contribution in [0.3, 0.4) is 0 Å². The predicted octanol–water partition coefficient (Wildman–Crippen LogP) is 1.04. The molecule has 0 radical (unpaired) electrons. The summed E-state index contributed by atoms with van der Waals surface area (Å²) in [6, 6.07) is 3.06. The number of hydrogen-bond acceptors (Lipinski definition) is 6. The molecule has 9 nitrogen and oxygen atoms in total. The third-order valence-corrected chi connectivity index (χ3v) is 2.90. The minimum absolute atomic E-state index is 0.0700. The Hall–Kier alpha value is -3.23. The molecule has 22 heavy (non-hydrogen) atoms. The third kappa shape index (κ3) is 2.92. The molecular formula is C13H12N4O5. The van der Waals surface area contributed by atoms with Crippen molar-refractivity contribution in [3.63, 3.8) is 0 Å². The van der Waals surface area contributed by atoms with E-state index in [0.717, 1.165) is 6.21 Å². The molecule has 1 aromatic carbocycles. The zero-order valence-electron chi connectivity index (χ0n) is 11.7. The summed E-state index contributed by atoms with van der Waals surface area (Å²) in [5.74, 6) is -0.662. The molecule has 0 amide bonds. The maximum atomic E-state index is 11.6. The van der Waals surface area contributed by atoms with Crippen LogP contribution in [-0.4, -0.2) is 26.2 Å². The van der Waals surface area contributed by atoms with Crippen molar-refractivity contribution in [2.45, 2.75) is 13.8 Å². The van der Waals surface area contributed by atoms with Crippen LogP contribution in [-0.2, 0) is 0 Å². The number of hydrogen-bond donors (Lipinski definition) is 3. The van der Waals surface area contributed by atoms with Crippen molar-refractivity contribution in [3.8, 4) is 5.88 Å². The monoisotopic (exact) mass is 304 g/mol. The Balaban J connectivity index is 2.59. The average Bonchev–Trinajstić information content (AvgIpc) is 2.38. The minimum atomic E-state index is -0.864. The molecule has 9 heteroatoms. The minimum Gasteiger partial charge on any atom is -0.494 e. The first kappa shape index (κ1) is 15.2. The average molecular weight is 304 g/mol. The Kier molecular flexibility index (Phi) is 3.89. The number of aromatic amines is 2. The zero-order chi connectivity index (χ0) is 16.4. The summed E-state index contributed by atoms with van der Waals surface area (Å²) in [6.07, 6.45) is 0.967. The van der Waals surface area contributed by atoms with Crippen LogP contribution in [0, 0.1) is 24.0 Å². The van der Waals surface area contributed by atoms with Crippen molar-refractivity contribution in [3.05, 3.63) is 59.8 Å². The summed E-state index contributed by atoms with van der Waals surface area (Å²) in [6.45, 7) is 3.36. The highest BCUT2D eigenvalue weighted by Crippen LogP contribution is 2.32. The topological polar surface area (TPSA) is 141 Å². The number of aromatic hydroxyl groups is 1. The summed E-state index contributed by atoms with van der Waals surface area (Å²) in [5.41, 5.74) is -0.908. The van der Waals surface area contributed by atoms with Gasteiger partial charge in [0.1, 0.15) is 11.3 Å². The molecule has 0 aliphatic heterocycles. The Morgan fingerprint density at radius 3 is 2.55 bits per heavy atom. The highest BCUT2D eigenvalue weighted by atomic mass is 16.6. The Labute approximate surface area is 123 Å². The lowest BCUT2D eigenvalue weighted by Gasteiger charge is -2.03. The fourth-order valence-electron chi connectivity index (χ4n) is 1.98. The van der Waals surface area contributed by atoms with E-state index in [9.17, 15) is 24.8 Å². The van der Waals surface area contributed by atoms with Crippen LogP contribution in [0.15, 0.2) is 26.7 Å². The van der Waals surface area contributed by atoms with Gasteiger partial charge in [-0.1, -0.05) is 6.07 Å². The lowest BCUT2D eigenvalue weighted by molar-refractivity contribution is -0.384. The van der Waals surface area contributed by atoms with Gasteiger partial charge in [-0.05, 0) is 25.0 Å². The SMILES string of the molecule is Cc1cc(C)c(N=Cc2c(O)[nH]c(=O)[nH]c2=O)c([N+](=O)[O-])c1. The number of nitro benzene ring substituents is 1. The fourth-order valence-corrected chi connectivity index (χ4v) is 1.98. The second-order valence-corrected chi connectivity index (χ2v) is 4.64. The van der Waals surface area contributed by atoms with Crippen molar-refractivity contribution in [1.82, 2.24) is 9.97 Å². The molecule has 0 bridgehead atoms. The zero-order valence-corrected chi connectivity index (χ0v) is 11.7. The van der Waals surface area contributed by atoms with Gasteiger partial charge in [0, 0.05) is 12.3 Å². The lowest BCUT2D eigenvalue weighted by Crippen LogP contribution is -2.24. The van der Waals surface area contributed by atoms with Gasteiger partial charge in [-0.15, -0.1) is 0 Å². The number of nitro groups is 1. The maximum Gasteiger partial charge on any atom is 0.328 e. The molecule has 0 saturated heterocycles. The summed E-state index contributed by atoms with van der Waals surface area (Å²) < 4.78 is 0. The van der Waals surface area contributed by atoms with Gasteiger partial charge < -0.3 is 5.11 Å².